The quantitative estimate of drug-likeness (QED) is 0.538. The van der Waals surface area contributed by atoms with E-state index in [0.29, 0.717) is 29.9 Å². The van der Waals surface area contributed by atoms with Gasteiger partial charge in [0.1, 0.15) is 0 Å². The highest BCUT2D eigenvalue weighted by Gasteiger charge is 2.19. The number of hydrogen-bond donors (Lipinski definition) is 3. The van der Waals surface area contributed by atoms with Crippen molar-refractivity contribution in [1.82, 2.24) is 10.6 Å². The normalized spacial score (nSPS) is 10.8. The summed E-state index contributed by atoms with van der Waals surface area (Å²) in [7, 11) is -3.79. The molecule has 0 saturated carbocycles. The highest BCUT2D eigenvalue weighted by Crippen LogP contribution is 2.21. The second kappa shape index (κ2) is 11.0. The standard InChI is InChI=1S/C20H27N3O3S.ClH/c1-4-10-21-11-12-22-20(24)17-9-8-16(3)19(14-17)27(25,26)23-18-7-5-6-15(2)13-18;/h5-9,13-14,21,23H,4,10-12H2,1-3H3,(H,22,24);1H. The molecule has 2 rings (SSSR count). The molecular formula is C20H28ClN3O3S. The molecule has 2 aromatic rings. The van der Waals surface area contributed by atoms with E-state index in [-0.39, 0.29) is 23.2 Å². The van der Waals surface area contributed by atoms with Gasteiger partial charge in [0.15, 0.2) is 0 Å². The molecule has 0 aromatic heterocycles. The van der Waals surface area contributed by atoms with Crippen LogP contribution in [0.15, 0.2) is 47.4 Å². The first kappa shape index (κ1) is 23.9. The molecule has 0 fully saturated rings. The van der Waals surface area contributed by atoms with E-state index in [1.165, 1.54) is 6.07 Å². The van der Waals surface area contributed by atoms with Crippen molar-refractivity contribution in [3.8, 4) is 0 Å². The van der Waals surface area contributed by atoms with Gasteiger partial charge in [-0.3, -0.25) is 9.52 Å². The number of sulfonamides is 1. The second-order valence-corrected chi connectivity index (χ2v) is 8.11. The van der Waals surface area contributed by atoms with Crippen LogP contribution in [0.1, 0.15) is 34.8 Å². The number of halogens is 1. The molecule has 0 unspecified atom stereocenters. The molecule has 8 heteroatoms. The molecule has 0 spiro atoms. The number of aryl methyl sites for hydroxylation is 2. The van der Waals surface area contributed by atoms with Crippen molar-refractivity contribution in [1.29, 1.82) is 0 Å². The Labute approximate surface area is 173 Å². The number of benzene rings is 2. The van der Waals surface area contributed by atoms with Gasteiger partial charge in [0.05, 0.1) is 4.90 Å². The molecule has 0 radical (unpaired) electrons. The molecule has 0 bridgehead atoms. The molecule has 6 nitrogen and oxygen atoms in total. The summed E-state index contributed by atoms with van der Waals surface area (Å²) >= 11 is 0. The fourth-order valence-corrected chi connectivity index (χ4v) is 3.94. The zero-order valence-electron chi connectivity index (χ0n) is 16.4. The Morgan fingerprint density at radius 1 is 1.00 bits per heavy atom. The van der Waals surface area contributed by atoms with E-state index >= 15 is 0 Å². The van der Waals surface area contributed by atoms with Gasteiger partial charge in [-0.2, -0.15) is 0 Å². The number of anilines is 1. The van der Waals surface area contributed by atoms with Crippen LogP contribution in [0.5, 0.6) is 0 Å². The van der Waals surface area contributed by atoms with Crippen LogP contribution < -0.4 is 15.4 Å². The summed E-state index contributed by atoms with van der Waals surface area (Å²) in [4.78, 5) is 12.4. The number of nitrogens with one attached hydrogen (secondary N) is 3. The Kier molecular flexibility index (Phi) is 9.45. The number of rotatable bonds is 9. The first-order valence-electron chi connectivity index (χ1n) is 9.02. The zero-order chi connectivity index (χ0) is 19.9. The van der Waals surface area contributed by atoms with Crippen LogP contribution in [0.4, 0.5) is 5.69 Å². The van der Waals surface area contributed by atoms with Crippen molar-refractivity contribution < 1.29 is 13.2 Å². The lowest BCUT2D eigenvalue weighted by Gasteiger charge is -2.13. The summed E-state index contributed by atoms with van der Waals surface area (Å²) in [6.45, 7) is 7.73. The van der Waals surface area contributed by atoms with E-state index in [4.69, 9.17) is 0 Å². The summed E-state index contributed by atoms with van der Waals surface area (Å²) in [5.74, 6) is -0.291. The summed E-state index contributed by atoms with van der Waals surface area (Å²) in [5.41, 5.74) is 2.35. The third kappa shape index (κ3) is 6.82. The maximum Gasteiger partial charge on any atom is 0.262 e. The van der Waals surface area contributed by atoms with Gasteiger partial charge in [0, 0.05) is 24.3 Å². The Morgan fingerprint density at radius 3 is 2.43 bits per heavy atom. The number of amides is 1. The van der Waals surface area contributed by atoms with Gasteiger partial charge in [0.25, 0.3) is 15.9 Å². The molecule has 1 amide bonds. The van der Waals surface area contributed by atoms with E-state index in [9.17, 15) is 13.2 Å². The zero-order valence-corrected chi connectivity index (χ0v) is 18.0. The first-order valence-corrected chi connectivity index (χ1v) is 10.5. The van der Waals surface area contributed by atoms with Crippen LogP contribution in [-0.4, -0.2) is 34.0 Å². The van der Waals surface area contributed by atoms with Crippen molar-refractivity contribution in [3.63, 3.8) is 0 Å². The topological polar surface area (TPSA) is 87.3 Å². The van der Waals surface area contributed by atoms with Gasteiger partial charge in [-0.1, -0.05) is 25.1 Å². The first-order chi connectivity index (χ1) is 12.8. The Bertz CT molecular complexity index is 901. The fraction of sp³-hybridized carbons (Fsp3) is 0.350. The van der Waals surface area contributed by atoms with Gasteiger partial charge < -0.3 is 10.6 Å². The summed E-state index contributed by atoms with van der Waals surface area (Å²) in [6, 6.07) is 11.8. The van der Waals surface area contributed by atoms with E-state index in [2.05, 4.69) is 22.3 Å². The molecule has 154 valence electrons. The summed E-state index contributed by atoms with van der Waals surface area (Å²) < 4.78 is 28.2. The fourth-order valence-electron chi connectivity index (χ4n) is 2.62. The predicted octanol–water partition coefficient (Wildman–Crippen LogP) is 3.26. The highest BCUT2D eigenvalue weighted by molar-refractivity contribution is 7.92. The molecular weight excluding hydrogens is 398 g/mol. The lowest BCUT2D eigenvalue weighted by molar-refractivity contribution is 0.0953. The second-order valence-electron chi connectivity index (χ2n) is 6.46. The van der Waals surface area contributed by atoms with Crippen molar-refractivity contribution in [3.05, 3.63) is 59.2 Å². The van der Waals surface area contributed by atoms with E-state index in [0.717, 1.165) is 18.5 Å². The average molecular weight is 426 g/mol. The molecule has 3 N–H and O–H groups in total. The van der Waals surface area contributed by atoms with Crippen molar-refractivity contribution in [2.45, 2.75) is 32.1 Å². The Balaban J connectivity index is 0.00000392. The molecule has 0 saturated heterocycles. The van der Waals surface area contributed by atoms with Gasteiger partial charge in [-0.25, -0.2) is 8.42 Å². The highest BCUT2D eigenvalue weighted by atomic mass is 35.5. The van der Waals surface area contributed by atoms with Crippen molar-refractivity contribution in [2.75, 3.05) is 24.4 Å². The third-order valence-electron chi connectivity index (χ3n) is 4.02. The summed E-state index contributed by atoms with van der Waals surface area (Å²) in [6.07, 6.45) is 1.03. The minimum Gasteiger partial charge on any atom is -0.351 e. The van der Waals surface area contributed by atoms with Crippen LogP contribution in [-0.2, 0) is 10.0 Å². The SMILES string of the molecule is CCCNCCNC(=O)c1ccc(C)c(S(=O)(=O)Nc2cccc(C)c2)c1.Cl. The van der Waals surface area contributed by atoms with Gasteiger partial charge >= 0.3 is 0 Å². The van der Waals surface area contributed by atoms with Crippen molar-refractivity contribution >= 4 is 34.0 Å². The van der Waals surface area contributed by atoms with Crippen LogP contribution in [0.3, 0.4) is 0 Å². The molecule has 2 aromatic carbocycles. The van der Waals surface area contributed by atoms with Gasteiger partial charge in [0.2, 0.25) is 0 Å². The van der Waals surface area contributed by atoms with Crippen LogP contribution in [0.2, 0.25) is 0 Å². The number of hydrogen-bond acceptors (Lipinski definition) is 4. The molecule has 0 aliphatic heterocycles. The minimum absolute atomic E-state index is 0. The number of carbonyl (C=O) groups excluding carboxylic acids is 1. The van der Waals surface area contributed by atoms with E-state index in [1.807, 2.05) is 13.0 Å². The minimum atomic E-state index is -3.79. The van der Waals surface area contributed by atoms with E-state index < -0.39 is 10.0 Å². The third-order valence-corrected chi connectivity index (χ3v) is 5.55. The van der Waals surface area contributed by atoms with Crippen LogP contribution in [0, 0.1) is 13.8 Å². The van der Waals surface area contributed by atoms with Gasteiger partial charge in [-0.05, 0) is 62.2 Å². The maximum absolute atomic E-state index is 12.8. The Morgan fingerprint density at radius 2 is 1.75 bits per heavy atom. The number of carbonyl (C=O) groups is 1. The predicted molar refractivity (Wildman–Crippen MR) is 116 cm³/mol. The lowest BCUT2D eigenvalue weighted by Crippen LogP contribution is -2.32. The summed E-state index contributed by atoms with van der Waals surface area (Å²) in [5, 5.41) is 5.99. The van der Waals surface area contributed by atoms with Gasteiger partial charge in [-0.15, -0.1) is 12.4 Å². The van der Waals surface area contributed by atoms with E-state index in [1.54, 1.807) is 37.3 Å². The molecule has 0 atom stereocenters. The molecule has 0 aliphatic carbocycles. The lowest BCUT2D eigenvalue weighted by atomic mass is 10.1. The van der Waals surface area contributed by atoms with Crippen molar-refractivity contribution in [2.24, 2.45) is 0 Å². The maximum atomic E-state index is 12.8. The monoisotopic (exact) mass is 425 g/mol. The molecule has 0 heterocycles. The van der Waals surface area contributed by atoms with Crippen LogP contribution in [0.25, 0.3) is 0 Å². The molecule has 28 heavy (non-hydrogen) atoms. The average Bonchev–Trinajstić information content (AvgIpc) is 2.61. The molecule has 0 aliphatic rings. The smallest absolute Gasteiger partial charge is 0.262 e. The largest absolute Gasteiger partial charge is 0.351 e. The van der Waals surface area contributed by atoms with Crippen LogP contribution >= 0.6 is 12.4 Å². The Hall–Kier alpha value is -2.09.